The van der Waals surface area contributed by atoms with E-state index in [2.05, 4.69) is 15.4 Å². The molecule has 0 saturated heterocycles. The molecular formula is C19H16N4O3. The van der Waals surface area contributed by atoms with Gasteiger partial charge in [-0.1, -0.05) is 18.2 Å². The fourth-order valence-corrected chi connectivity index (χ4v) is 3.02. The number of nitrogens with one attached hydrogen (secondary N) is 2. The summed E-state index contributed by atoms with van der Waals surface area (Å²) in [5, 5.41) is 7.34. The van der Waals surface area contributed by atoms with E-state index in [1.54, 1.807) is 29.8 Å². The third-order valence-corrected chi connectivity index (χ3v) is 4.20. The summed E-state index contributed by atoms with van der Waals surface area (Å²) in [5.41, 5.74) is 4.34. The van der Waals surface area contributed by atoms with Gasteiger partial charge in [-0.15, -0.1) is 0 Å². The Labute approximate surface area is 148 Å². The van der Waals surface area contributed by atoms with Crippen LogP contribution in [0.1, 0.15) is 21.7 Å². The van der Waals surface area contributed by atoms with Crippen molar-refractivity contribution in [3.8, 4) is 5.69 Å². The Morgan fingerprint density at radius 1 is 1.15 bits per heavy atom. The van der Waals surface area contributed by atoms with Gasteiger partial charge >= 0.3 is 5.76 Å². The zero-order valence-corrected chi connectivity index (χ0v) is 14.2. The number of carbonyl (C=O) groups is 1. The summed E-state index contributed by atoms with van der Waals surface area (Å²) in [6, 6.07) is 14.6. The lowest BCUT2D eigenvalue weighted by molar-refractivity contribution is 0.102. The highest BCUT2D eigenvalue weighted by molar-refractivity contribution is 6.06. The van der Waals surface area contributed by atoms with Crippen molar-refractivity contribution in [3.05, 3.63) is 76.0 Å². The molecule has 1 amide bonds. The number of H-pyrrole nitrogens is 1. The van der Waals surface area contributed by atoms with E-state index in [1.165, 1.54) is 0 Å². The van der Waals surface area contributed by atoms with Crippen molar-refractivity contribution in [2.24, 2.45) is 0 Å². The average molecular weight is 348 g/mol. The molecule has 0 radical (unpaired) electrons. The van der Waals surface area contributed by atoms with Gasteiger partial charge in [0.15, 0.2) is 5.58 Å². The summed E-state index contributed by atoms with van der Waals surface area (Å²) in [6.07, 6.45) is 0. The van der Waals surface area contributed by atoms with E-state index in [0.717, 1.165) is 11.4 Å². The molecule has 2 aromatic carbocycles. The van der Waals surface area contributed by atoms with E-state index in [4.69, 9.17) is 4.42 Å². The number of oxazole rings is 1. The van der Waals surface area contributed by atoms with Crippen molar-refractivity contribution < 1.29 is 9.21 Å². The van der Waals surface area contributed by atoms with Crippen molar-refractivity contribution in [2.45, 2.75) is 13.8 Å². The number of aromatic nitrogens is 3. The zero-order valence-electron chi connectivity index (χ0n) is 14.2. The van der Waals surface area contributed by atoms with Gasteiger partial charge in [0, 0.05) is 5.69 Å². The maximum Gasteiger partial charge on any atom is 0.417 e. The number of amides is 1. The number of anilines is 1. The third-order valence-electron chi connectivity index (χ3n) is 4.20. The Kier molecular flexibility index (Phi) is 3.69. The van der Waals surface area contributed by atoms with Crippen LogP contribution in [-0.4, -0.2) is 20.7 Å². The van der Waals surface area contributed by atoms with Crippen LogP contribution in [0, 0.1) is 13.8 Å². The molecule has 7 nitrogen and oxygen atoms in total. The van der Waals surface area contributed by atoms with Crippen molar-refractivity contribution in [1.82, 2.24) is 14.8 Å². The minimum Gasteiger partial charge on any atom is -0.408 e. The highest BCUT2D eigenvalue weighted by Gasteiger charge is 2.19. The smallest absolute Gasteiger partial charge is 0.408 e. The summed E-state index contributed by atoms with van der Waals surface area (Å²) in [5.74, 6) is -0.785. The number of hydrogen-bond donors (Lipinski definition) is 2. The number of para-hydroxylation sites is 1. The largest absolute Gasteiger partial charge is 0.417 e. The highest BCUT2D eigenvalue weighted by Crippen LogP contribution is 2.21. The molecule has 0 unspecified atom stereocenters. The van der Waals surface area contributed by atoms with Crippen LogP contribution in [-0.2, 0) is 0 Å². The van der Waals surface area contributed by atoms with E-state index in [0.29, 0.717) is 28.0 Å². The van der Waals surface area contributed by atoms with Gasteiger partial charge in [-0.3, -0.25) is 9.78 Å². The first-order chi connectivity index (χ1) is 12.5. The SMILES string of the molecule is Cc1nn(-c2ccccc2)c(C)c1C(=O)Nc1ccc2oc(=O)[nH]c2c1. The Hall–Kier alpha value is -3.61. The van der Waals surface area contributed by atoms with E-state index in [-0.39, 0.29) is 5.91 Å². The molecule has 2 aromatic heterocycles. The van der Waals surface area contributed by atoms with Crippen LogP contribution in [0.4, 0.5) is 5.69 Å². The first-order valence-electron chi connectivity index (χ1n) is 8.09. The van der Waals surface area contributed by atoms with Crippen molar-refractivity contribution in [3.63, 3.8) is 0 Å². The number of hydrogen-bond acceptors (Lipinski definition) is 4. The highest BCUT2D eigenvalue weighted by atomic mass is 16.4. The predicted molar refractivity (Wildman–Crippen MR) is 97.8 cm³/mol. The summed E-state index contributed by atoms with van der Waals surface area (Å²) in [6.45, 7) is 3.66. The predicted octanol–water partition coefficient (Wildman–Crippen LogP) is 3.18. The lowest BCUT2D eigenvalue weighted by Crippen LogP contribution is -2.14. The summed E-state index contributed by atoms with van der Waals surface area (Å²) in [7, 11) is 0. The molecule has 4 aromatic rings. The van der Waals surface area contributed by atoms with Crippen molar-refractivity contribution in [2.75, 3.05) is 5.32 Å². The van der Waals surface area contributed by atoms with Crippen LogP contribution in [0.2, 0.25) is 0 Å². The number of fused-ring (bicyclic) bond motifs is 1. The molecule has 7 heteroatoms. The zero-order chi connectivity index (χ0) is 18.3. The molecule has 4 rings (SSSR count). The number of carbonyl (C=O) groups excluding carboxylic acids is 1. The number of aromatic amines is 1. The Morgan fingerprint density at radius 2 is 1.92 bits per heavy atom. The van der Waals surface area contributed by atoms with Gasteiger partial charge in [0.2, 0.25) is 0 Å². The first kappa shape index (κ1) is 15.9. The van der Waals surface area contributed by atoms with Gasteiger partial charge in [0.1, 0.15) is 0 Å². The fraction of sp³-hybridized carbons (Fsp3) is 0.105. The van der Waals surface area contributed by atoms with Gasteiger partial charge in [0.25, 0.3) is 5.91 Å². The van der Waals surface area contributed by atoms with Crippen LogP contribution >= 0.6 is 0 Å². The first-order valence-corrected chi connectivity index (χ1v) is 8.09. The standard InChI is InChI=1S/C19H16N4O3/c1-11-17(12(2)23(22-11)14-6-4-3-5-7-14)18(24)20-13-8-9-16-15(10-13)21-19(25)26-16/h3-10H,1-2H3,(H,20,24)(H,21,25). The molecule has 2 heterocycles. The molecular weight excluding hydrogens is 332 g/mol. The maximum atomic E-state index is 12.8. The molecule has 26 heavy (non-hydrogen) atoms. The molecule has 130 valence electrons. The average Bonchev–Trinajstić information content (AvgIpc) is 3.13. The molecule has 0 spiro atoms. The number of nitrogens with zero attached hydrogens (tertiary/aromatic N) is 2. The summed E-state index contributed by atoms with van der Waals surface area (Å²) < 4.78 is 6.72. The lowest BCUT2D eigenvalue weighted by Gasteiger charge is -2.07. The second-order valence-electron chi connectivity index (χ2n) is 5.97. The summed E-state index contributed by atoms with van der Waals surface area (Å²) in [4.78, 5) is 26.6. The maximum absolute atomic E-state index is 12.8. The monoisotopic (exact) mass is 348 g/mol. The van der Waals surface area contributed by atoms with E-state index in [9.17, 15) is 9.59 Å². The van der Waals surface area contributed by atoms with Gasteiger partial charge in [-0.2, -0.15) is 5.10 Å². The molecule has 0 fully saturated rings. The quantitative estimate of drug-likeness (QED) is 0.595. The third kappa shape index (κ3) is 2.69. The second-order valence-corrected chi connectivity index (χ2v) is 5.97. The van der Waals surface area contributed by atoms with Gasteiger partial charge in [-0.25, -0.2) is 9.48 Å². The lowest BCUT2D eigenvalue weighted by atomic mass is 10.1. The molecule has 0 aliphatic carbocycles. The van der Waals surface area contributed by atoms with Crippen LogP contribution in [0.15, 0.2) is 57.7 Å². The molecule has 0 bridgehead atoms. The molecule has 0 aliphatic rings. The number of rotatable bonds is 3. The van der Waals surface area contributed by atoms with Crippen LogP contribution < -0.4 is 11.1 Å². The molecule has 0 aliphatic heterocycles. The van der Waals surface area contributed by atoms with Crippen LogP contribution in [0.25, 0.3) is 16.8 Å². The molecule has 0 saturated carbocycles. The fourth-order valence-electron chi connectivity index (χ4n) is 3.02. The number of aryl methyl sites for hydroxylation is 1. The van der Waals surface area contributed by atoms with Gasteiger partial charge in [-0.05, 0) is 44.2 Å². The normalized spacial score (nSPS) is 11.0. The minimum atomic E-state index is -0.528. The molecule has 2 N–H and O–H groups in total. The molecule has 0 atom stereocenters. The summed E-state index contributed by atoms with van der Waals surface area (Å²) >= 11 is 0. The van der Waals surface area contributed by atoms with E-state index >= 15 is 0 Å². The van der Waals surface area contributed by atoms with Crippen LogP contribution in [0.3, 0.4) is 0 Å². The number of benzene rings is 2. The Morgan fingerprint density at radius 3 is 2.69 bits per heavy atom. The Bertz CT molecular complexity index is 1170. The topological polar surface area (TPSA) is 92.9 Å². The van der Waals surface area contributed by atoms with Crippen molar-refractivity contribution in [1.29, 1.82) is 0 Å². The van der Waals surface area contributed by atoms with Gasteiger partial charge < -0.3 is 9.73 Å². The van der Waals surface area contributed by atoms with E-state index < -0.39 is 5.76 Å². The van der Waals surface area contributed by atoms with Crippen molar-refractivity contribution >= 4 is 22.7 Å². The van der Waals surface area contributed by atoms with Crippen LogP contribution in [0.5, 0.6) is 0 Å². The van der Waals surface area contributed by atoms with Gasteiger partial charge in [0.05, 0.1) is 28.2 Å². The Balaban J connectivity index is 1.67. The van der Waals surface area contributed by atoms with E-state index in [1.807, 2.05) is 37.3 Å². The minimum absolute atomic E-state index is 0.257. The second kappa shape index (κ2) is 6.03.